The molecule has 132 valence electrons. The number of rotatable bonds is 1. The highest BCUT2D eigenvalue weighted by atomic mass is 32.1. The van der Waals surface area contributed by atoms with Crippen LogP contribution in [-0.4, -0.2) is 9.97 Å². The smallest absolute Gasteiger partial charge is 0.135 e. The molecule has 27 heavy (non-hydrogen) atoms. The molecule has 3 aromatic carbocycles. The standard InChI is InChI=1S/C24H20N2S/c1-24(2,3)23-25-19-10-6-4-9-17(19)22(26-23)15-12-13-21-18(14-15)16-8-5-7-11-20(16)27-21/h4-14H,1-3H3. The molecule has 0 N–H and O–H groups in total. The van der Waals surface area contributed by atoms with Crippen LogP contribution in [0.5, 0.6) is 0 Å². The van der Waals surface area contributed by atoms with Crippen LogP contribution in [0, 0.1) is 0 Å². The second kappa shape index (κ2) is 5.86. The number of thiophene rings is 1. The first-order valence-electron chi connectivity index (χ1n) is 9.20. The van der Waals surface area contributed by atoms with Gasteiger partial charge in [-0.3, -0.25) is 0 Å². The lowest BCUT2D eigenvalue weighted by Gasteiger charge is -2.18. The Hall–Kier alpha value is -2.78. The van der Waals surface area contributed by atoms with Crippen molar-refractivity contribution >= 4 is 42.4 Å². The monoisotopic (exact) mass is 368 g/mol. The van der Waals surface area contributed by atoms with E-state index in [-0.39, 0.29) is 5.41 Å². The molecule has 0 bridgehead atoms. The van der Waals surface area contributed by atoms with E-state index in [9.17, 15) is 0 Å². The molecule has 0 radical (unpaired) electrons. The summed E-state index contributed by atoms with van der Waals surface area (Å²) in [7, 11) is 0. The summed E-state index contributed by atoms with van der Waals surface area (Å²) in [5.74, 6) is 0.881. The summed E-state index contributed by atoms with van der Waals surface area (Å²) in [4.78, 5) is 9.83. The molecular formula is C24H20N2S. The molecule has 5 aromatic rings. The fraction of sp³-hybridized carbons (Fsp3) is 0.167. The van der Waals surface area contributed by atoms with E-state index in [4.69, 9.17) is 9.97 Å². The molecule has 0 spiro atoms. The van der Waals surface area contributed by atoms with Crippen LogP contribution in [0.3, 0.4) is 0 Å². The van der Waals surface area contributed by atoms with Gasteiger partial charge in [-0.15, -0.1) is 11.3 Å². The second-order valence-corrected chi connectivity index (χ2v) is 9.06. The summed E-state index contributed by atoms with van der Waals surface area (Å²) in [5, 5.41) is 3.71. The van der Waals surface area contributed by atoms with Gasteiger partial charge in [-0.1, -0.05) is 63.2 Å². The zero-order chi connectivity index (χ0) is 18.6. The molecule has 0 saturated heterocycles. The summed E-state index contributed by atoms with van der Waals surface area (Å²) < 4.78 is 2.64. The van der Waals surface area contributed by atoms with Crippen LogP contribution in [0.1, 0.15) is 26.6 Å². The van der Waals surface area contributed by atoms with Crippen molar-refractivity contribution in [3.63, 3.8) is 0 Å². The van der Waals surface area contributed by atoms with Gasteiger partial charge in [-0.05, 0) is 24.3 Å². The van der Waals surface area contributed by atoms with E-state index < -0.39 is 0 Å². The Morgan fingerprint density at radius 3 is 2.22 bits per heavy atom. The van der Waals surface area contributed by atoms with Crippen LogP contribution in [-0.2, 0) is 5.41 Å². The van der Waals surface area contributed by atoms with Crippen molar-refractivity contribution in [2.45, 2.75) is 26.2 Å². The van der Waals surface area contributed by atoms with Crippen LogP contribution in [0.4, 0.5) is 0 Å². The van der Waals surface area contributed by atoms with Gasteiger partial charge < -0.3 is 0 Å². The van der Waals surface area contributed by atoms with Gasteiger partial charge in [-0.25, -0.2) is 9.97 Å². The molecule has 0 aliphatic carbocycles. The van der Waals surface area contributed by atoms with Gasteiger partial charge in [0, 0.05) is 36.5 Å². The summed E-state index contributed by atoms with van der Waals surface area (Å²) >= 11 is 1.84. The molecular weight excluding hydrogens is 348 g/mol. The molecule has 0 unspecified atom stereocenters. The van der Waals surface area contributed by atoms with Gasteiger partial charge in [0.05, 0.1) is 11.2 Å². The first-order valence-corrected chi connectivity index (χ1v) is 10.0. The molecule has 0 aliphatic rings. The van der Waals surface area contributed by atoms with Crippen molar-refractivity contribution in [3.05, 3.63) is 72.6 Å². The lowest BCUT2D eigenvalue weighted by Crippen LogP contribution is -2.16. The summed E-state index contributed by atoms with van der Waals surface area (Å²) in [6.07, 6.45) is 0. The SMILES string of the molecule is CC(C)(C)c1nc(-c2ccc3sc4ccccc4c3c2)c2ccccc2n1. The number of fused-ring (bicyclic) bond motifs is 4. The maximum absolute atomic E-state index is 5.01. The number of benzene rings is 3. The summed E-state index contributed by atoms with van der Waals surface area (Å²) in [5.41, 5.74) is 3.07. The third-order valence-electron chi connectivity index (χ3n) is 4.92. The molecule has 3 heteroatoms. The minimum atomic E-state index is -0.0992. The van der Waals surface area contributed by atoms with E-state index in [1.807, 2.05) is 17.4 Å². The van der Waals surface area contributed by atoms with Crippen LogP contribution in [0.25, 0.3) is 42.3 Å². The Balaban J connectivity index is 1.83. The van der Waals surface area contributed by atoms with Gasteiger partial charge >= 0.3 is 0 Å². The predicted octanol–water partition coefficient (Wildman–Crippen LogP) is 6.96. The number of nitrogens with zero attached hydrogens (tertiary/aromatic N) is 2. The molecule has 2 heterocycles. The lowest BCUT2D eigenvalue weighted by molar-refractivity contribution is 0.549. The second-order valence-electron chi connectivity index (χ2n) is 7.97. The summed E-state index contributed by atoms with van der Waals surface area (Å²) in [6.45, 7) is 6.49. The topological polar surface area (TPSA) is 25.8 Å². The molecule has 0 amide bonds. The predicted molar refractivity (Wildman–Crippen MR) is 117 cm³/mol. The highest BCUT2D eigenvalue weighted by Gasteiger charge is 2.20. The normalized spacial score (nSPS) is 12.3. The first kappa shape index (κ1) is 16.4. The van der Waals surface area contributed by atoms with Gasteiger partial charge in [0.1, 0.15) is 5.82 Å². The van der Waals surface area contributed by atoms with Gasteiger partial charge in [-0.2, -0.15) is 0 Å². The molecule has 2 aromatic heterocycles. The van der Waals surface area contributed by atoms with E-state index in [2.05, 4.69) is 81.4 Å². The van der Waals surface area contributed by atoms with Crippen LogP contribution >= 0.6 is 11.3 Å². The average molecular weight is 369 g/mol. The Morgan fingerprint density at radius 1 is 0.704 bits per heavy atom. The fourth-order valence-electron chi connectivity index (χ4n) is 3.51. The largest absolute Gasteiger partial charge is 0.232 e. The minimum absolute atomic E-state index is 0.0992. The van der Waals surface area contributed by atoms with Crippen LogP contribution in [0.2, 0.25) is 0 Å². The van der Waals surface area contributed by atoms with E-state index in [1.165, 1.54) is 20.2 Å². The van der Waals surface area contributed by atoms with E-state index in [1.54, 1.807) is 0 Å². The molecule has 0 fully saturated rings. The Kier molecular flexibility index (Phi) is 3.56. The molecule has 5 rings (SSSR count). The maximum Gasteiger partial charge on any atom is 0.135 e. The van der Waals surface area contributed by atoms with Gasteiger partial charge in [0.2, 0.25) is 0 Å². The minimum Gasteiger partial charge on any atom is -0.232 e. The van der Waals surface area contributed by atoms with E-state index in [0.29, 0.717) is 0 Å². The third kappa shape index (κ3) is 2.70. The Labute approximate surface area is 162 Å². The van der Waals surface area contributed by atoms with Crippen molar-refractivity contribution in [1.82, 2.24) is 9.97 Å². The lowest BCUT2D eigenvalue weighted by atomic mass is 9.94. The van der Waals surface area contributed by atoms with Crippen molar-refractivity contribution < 1.29 is 0 Å². The quantitative estimate of drug-likeness (QED) is 0.319. The molecule has 0 atom stereocenters. The summed E-state index contributed by atoms with van der Waals surface area (Å²) in [6, 6.07) is 23.6. The third-order valence-corrected chi connectivity index (χ3v) is 6.08. The van der Waals surface area contributed by atoms with Crippen molar-refractivity contribution in [3.8, 4) is 11.3 Å². The highest BCUT2D eigenvalue weighted by molar-refractivity contribution is 7.25. The van der Waals surface area contributed by atoms with Gasteiger partial charge in [0.25, 0.3) is 0 Å². The number of aromatic nitrogens is 2. The van der Waals surface area contributed by atoms with E-state index >= 15 is 0 Å². The number of hydrogen-bond donors (Lipinski definition) is 0. The highest BCUT2D eigenvalue weighted by Crippen LogP contribution is 2.37. The Bertz CT molecular complexity index is 1310. The van der Waals surface area contributed by atoms with Crippen molar-refractivity contribution in [2.24, 2.45) is 0 Å². The number of para-hydroxylation sites is 1. The maximum atomic E-state index is 5.01. The zero-order valence-electron chi connectivity index (χ0n) is 15.7. The molecule has 0 saturated carbocycles. The van der Waals surface area contributed by atoms with E-state index in [0.717, 1.165) is 28.0 Å². The zero-order valence-corrected chi connectivity index (χ0v) is 16.5. The van der Waals surface area contributed by atoms with Gasteiger partial charge in [0.15, 0.2) is 0 Å². The molecule has 0 aliphatic heterocycles. The van der Waals surface area contributed by atoms with Crippen LogP contribution in [0.15, 0.2) is 66.7 Å². The number of hydrogen-bond acceptors (Lipinski definition) is 3. The van der Waals surface area contributed by atoms with Crippen molar-refractivity contribution in [2.75, 3.05) is 0 Å². The first-order chi connectivity index (χ1) is 13.0. The molecule has 2 nitrogen and oxygen atoms in total. The van der Waals surface area contributed by atoms with Crippen LogP contribution < -0.4 is 0 Å². The average Bonchev–Trinajstić information content (AvgIpc) is 3.04. The fourth-order valence-corrected chi connectivity index (χ4v) is 4.59. The van der Waals surface area contributed by atoms with Crippen molar-refractivity contribution in [1.29, 1.82) is 0 Å². The Morgan fingerprint density at radius 2 is 1.41 bits per heavy atom.